The number of benzene rings is 2. The van der Waals surface area contributed by atoms with Gasteiger partial charge in [0.15, 0.2) is 6.61 Å². The third-order valence-electron chi connectivity index (χ3n) is 7.48. The number of nitrogens with zero attached hydrogens (tertiary/aromatic N) is 1. The summed E-state index contributed by atoms with van der Waals surface area (Å²) in [5.41, 5.74) is 2.53. The number of imide groups is 1. The van der Waals surface area contributed by atoms with E-state index in [0.29, 0.717) is 28.7 Å². The Morgan fingerprint density at radius 2 is 1.74 bits per heavy atom. The Balaban J connectivity index is 1.21. The van der Waals surface area contributed by atoms with Gasteiger partial charge in [-0.2, -0.15) is 0 Å². The molecule has 218 valence electrons. The van der Waals surface area contributed by atoms with Crippen LogP contribution in [0.25, 0.3) is 0 Å². The zero-order chi connectivity index (χ0) is 30.0. The minimum absolute atomic E-state index is 0.0375. The van der Waals surface area contributed by atoms with E-state index in [2.05, 4.69) is 12.2 Å². The van der Waals surface area contributed by atoms with Crippen LogP contribution in [0.5, 0.6) is 5.75 Å². The molecule has 42 heavy (non-hydrogen) atoms. The number of carbonyl (C=O) groups excluding carboxylic acids is 5. The van der Waals surface area contributed by atoms with Crippen LogP contribution in [0.2, 0.25) is 0 Å². The molecule has 10 nitrogen and oxygen atoms in total. The number of fused-ring (bicyclic) bond motifs is 2. The summed E-state index contributed by atoms with van der Waals surface area (Å²) in [6, 6.07) is 11.5. The van der Waals surface area contributed by atoms with Crippen molar-refractivity contribution in [3.05, 3.63) is 80.7 Å². The van der Waals surface area contributed by atoms with E-state index in [9.17, 15) is 24.0 Å². The van der Waals surface area contributed by atoms with E-state index in [0.717, 1.165) is 40.2 Å². The zero-order valence-electron chi connectivity index (χ0n) is 23.5. The molecule has 5 rings (SSSR count). The SMILES string of the molecule is COC(=O)c1c(NC(=O)COC(=O)c2ccc3c(c2)C(=O)N(CCc2ccc(OC)cc2)C3=O)sc2c1CCC(C)C2. The van der Waals surface area contributed by atoms with Crippen LogP contribution < -0.4 is 10.1 Å². The molecule has 0 saturated carbocycles. The van der Waals surface area contributed by atoms with Gasteiger partial charge in [0.2, 0.25) is 0 Å². The minimum Gasteiger partial charge on any atom is -0.497 e. The average molecular weight is 591 g/mol. The fourth-order valence-electron chi connectivity index (χ4n) is 5.19. The van der Waals surface area contributed by atoms with Gasteiger partial charge < -0.3 is 19.5 Å². The Labute approximate surface area is 246 Å². The molecule has 0 bridgehead atoms. The van der Waals surface area contributed by atoms with E-state index < -0.39 is 36.3 Å². The lowest BCUT2D eigenvalue weighted by Gasteiger charge is -2.18. The lowest BCUT2D eigenvalue weighted by molar-refractivity contribution is -0.119. The van der Waals surface area contributed by atoms with Gasteiger partial charge in [0.05, 0.1) is 36.5 Å². The van der Waals surface area contributed by atoms with Crippen molar-refractivity contribution in [2.45, 2.75) is 32.6 Å². The molecule has 1 aliphatic heterocycles. The molecule has 3 amide bonds. The molecule has 1 aromatic heterocycles. The second-order valence-corrected chi connectivity index (χ2v) is 11.4. The van der Waals surface area contributed by atoms with Crippen molar-refractivity contribution >= 4 is 46.0 Å². The van der Waals surface area contributed by atoms with Crippen LogP contribution in [0.4, 0.5) is 5.00 Å². The minimum atomic E-state index is -0.822. The molecule has 0 fully saturated rings. The van der Waals surface area contributed by atoms with Gasteiger partial charge in [0.1, 0.15) is 10.8 Å². The van der Waals surface area contributed by atoms with Crippen LogP contribution in [-0.4, -0.2) is 61.9 Å². The number of esters is 2. The summed E-state index contributed by atoms with van der Waals surface area (Å²) >= 11 is 1.33. The smallest absolute Gasteiger partial charge is 0.341 e. The lowest BCUT2D eigenvalue weighted by atomic mass is 9.88. The molecular formula is C31H30N2O8S. The highest BCUT2D eigenvalue weighted by Crippen LogP contribution is 2.40. The molecule has 0 radical (unpaired) electrons. The summed E-state index contributed by atoms with van der Waals surface area (Å²) in [4.78, 5) is 66.0. The quantitative estimate of drug-likeness (QED) is 0.289. The molecule has 1 aliphatic carbocycles. The first kappa shape index (κ1) is 29.0. The van der Waals surface area contributed by atoms with Gasteiger partial charge in [-0.3, -0.25) is 19.3 Å². The molecule has 2 aromatic carbocycles. The summed E-state index contributed by atoms with van der Waals surface area (Å²) in [6.45, 7) is 1.72. The topological polar surface area (TPSA) is 128 Å². The Bertz CT molecular complexity index is 1580. The van der Waals surface area contributed by atoms with Crippen LogP contribution in [-0.2, 0) is 33.5 Å². The predicted molar refractivity (Wildman–Crippen MR) is 154 cm³/mol. The number of anilines is 1. The lowest BCUT2D eigenvalue weighted by Crippen LogP contribution is -2.31. The number of hydrogen-bond donors (Lipinski definition) is 1. The number of nitrogens with one attached hydrogen (secondary N) is 1. The van der Waals surface area contributed by atoms with Crippen LogP contribution in [0, 0.1) is 5.92 Å². The van der Waals surface area contributed by atoms with E-state index in [1.165, 1.54) is 36.6 Å². The Morgan fingerprint density at radius 3 is 2.45 bits per heavy atom. The van der Waals surface area contributed by atoms with Crippen molar-refractivity contribution in [3.8, 4) is 5.75 Å². The van der Waals surface area contributed by atoms with Gasteiger partial charge in [-0.15, -0.1) is 11.3 Å². The Hall–Kier alpha value is -4.51. The van der Waals surface area contributed by atoms with Gasteiger partial charge in [-0.1, -0.05) is 19.1 Å². The molecule has 1 unspecified atom stereocenters. The summed E-state index contributed by atoms with van der Waals surface area (Å²) in [6.07, 6.45) is 2.94. The van der Waals surface area contributed by atoms with Gasteiger partial charge >= 0.3 is 11.9 Å². The van der Waals surface area contributed by atoms with Crippen molar-refractivity contribution in [1.29, 1.82) is 0 Å². The molecule has 11 heteroatoms. The third-order valence-corrected chi connectivity index (χ3v) is 8.65. The summed E-state index contributed by atoms with van der Waals surface area (Å²) in [5.74, 6) is -1.71. The molecule has 3 aromatic rings. The number of ether oxygens (including phenoxy) is 3. The zero-order valence-corrected chi connectivity index (χ0v) is 24.3. The second-order valence-electron chi connectivity index (χ2n) is 10.3. The third kappa shape index (κ3) is 5.78. The molecular weight excluding hydrogens is 560 g/mol. The monoisotopic (exact) mass is 590 g/mol. The molecule has 1 N–H and O–H groups in total. The maximum atomic E-state index is 13.0. The number of amides is 3. The van der Waals surface area contributed by atoms with Crippen LogP contribution >= 0.6 is 11.3 Å². The summed E-state index contributed by atoms with van der Waals surface area (Å²) in [7, 11) is 2.87. The molecule has 0 saturated heterocycles. The standard InChI is InChI=1S/C31H30N2O8S/c1-17-4-10-22-24(14-17)42-27(26(22)31(38)40-3)32-25(34)16-41-30(37)19-7-11-21-23(15-19)29(36)33(28(21)35)13-12-18-5-8-20(39-2)9-6-18/h5-9,11,15,17H,4,10,12-14,16H2,1-3H3,(H,32,34). The Morgan fingerprint density at radius 1 is 1.00 bits per heavy atom. The maximum Gasteiger partial charge on any atom is 0.341 e. The van der Waals surface area contributed by atoms with Crippen molar-refractivity contribution in [2.75, 3.05) is 32.7 Å². The number of rotatable bonds is 9. The van der Waals surface area contributed by atoms with E-state index >= 15 is 0 Å². The number of thiophene rings is 1. The molecule has 2 aliphatic rings. The van der Waals surface area contributed by atoms with E-state index in [-0.39, 0.29) is 23.2 Å². The average Bonchev–Trinajstić information content (AvgIpc) is 3.46. The number of hydrogen-bond acceptors (Lipinski definition) is 9. The van der Waals surface area contributed by atoms with Crippen molar-refractivity contribution < 1.29 is 38.2 Å². The highest BCUT2D eigenvalue weighted by atomic mass is 32.1. The maximum absolute atomic E-state index is 13.0. The van der Waals surface area contributed by atoms with Crippen molar-refractivity contribution in [1.82, 2.24) is 4.90 Å². The van der Waals surface area contributed by atoms with Crippen molar-refractivity contribution in [3.63, 3.8) is 0 Å². The fourth-order valence-corrected chi connectivity index (χ4v) is 6.60. The van der Waals surface area contributed by atoms with Crippen LogP contribution in [0.15, 0.2) is 42.5 Å². The largest absolute Gasteiger partial charge is 0.497 e. The van der Waals surface area contributed by atoms with E-state index in [4.69, 9.17) is 14.2 Å². The van der Waals surface area contributed by atoms with Gasteiger partial charge in [0, 0.05) is 11.4 Å². The molecule has 1 atom stereocenters. The summed E-state index contributed by atoms with van der Waals surface area (Å²) in [5, 5.41) is 3.06. The first-order valence-corrected chi connectivity index (χ1v) is 14.3. The van der Waals surface area contributed by atoms with Crippen molar-refractivity contribution in [2.24, 2.45) is 5.92 Å². The van der Waals surface area contributed by atoms with Crippen LogP contribution in [0.3, 0.4) is 0 Å². The Kier molecular flexibility index (Phi) is 8.39. The first-order chi connectivity index (χ1) is 20.2. The van der Waals surface area contributed by atoms with E-state index in [1.807, 2.05) is 24.3 Å². The van der Waals surface area contributed by atoms with E-state index in [1.54, 1.807) is 7.11 Å². The highest BCUT2D eigenvalue weighted by Gasteiger charge is 2.36. The van der Waals surface area contributed by atoms with Gasteiger partial charge in [-0.05, 0) is 73.1 Å². The second kappa shape index (κ2) is 12.2. The molecule has 2 heterocycles. The molecule has 0 spiro atoms. The highest BCUT2D eigenvalue weighted by molar-refractivity contribution is 7.17. The van der Waals surface area contributed by atoms with Gasteiger partial charge in [-0.25, -0.2) is 9.59 Å². The normalized spacial score (nSPS) is 15.6. The van der Waals surface area contributed by atoms with Gasteiger partial charge in [0.25, 0.3) is 17.7 Å². The van der Waals surface area contributed by atoms with Crippen LogP contribution in [0.1, 0.15) is 70.8 Å². The number of carbonyl (C=O) groups is 5. The summed E-state index contributed by atoms with van der Waals surface area (Å²) < 4.78 is 15.3. The number of methoxy groups -OCH3 is 2. The first-order valence-electron chi connectivity index (χ1n) is 13.5. The predicted octanol–water partition coefficient (Wildman–Crippen LogP) is 4.30. The fraction of sp³-hybridized carbons (Fsp3) is 0.323.